The lowest BCUT2D eigenvalue weighted by atomic mass is 10.1. The number of aromatic nitrogens is 1. The maximum atomic E-state index is 12.2. The van der Waals surface area contributed by atoms with Crippen LogP contribution in [0.15, 0.2) is 36.5 Å². The molecule has 2 rings (SSSR count). The molecule has 19 heavy (non-hydrogen) atoms. The molecule has 1 aromatic heterocycles. The predicted molar refractivity (Wildman–Crippen MR) is 76.0 cm³/mol. The Bertz CT molecular complexity index is 588. The van der Waals surface area contributed by atoms with E-state index < -0.39 is 0 Å². The van der Waals surface area contributed by atoms with Gasteiger partial charge in [-0.25, -0.2) is 0 Å². The summed E-state index contributed by atoms with van der Waals surface area (Å²) in [7, 11) is 0. The molecule has 0 aliphatic heterocycles. The van der Waals surface area contributed by atoms with Crippen molar-refractivity contribution in [3.8, 4) is 0 Å². The van der Waals surface area contributed by atoms with E-state index in [1.165, 1.54) is 0 Å². The van der Waals surface area contributed by atoms with Crippen LogP contribution in [0, 0.1) is 13.8 Å². The standard InChI is InChI=1S/C15H17N3O/c1-10-4-3-5-11(2)14(10)18-15(19)12-6-7-17-13(8-12)9-16/h3-8H,9,16H2,1-2H3,(H,18,19). The number of carbonyl (C=O) groups excluding carboxylic acids is 1. The first-order valence-corrected chi connectivity index (χ1v) is 6.14. The second-order valence-electron chi connectivity index (χ2n) is 4.46. The summed E-state index contributed by atoms with van der Waals surface area (Å²) >= 11 is 0. The maximum absolute atomic E-state index is 12.2. The van der Waals surface area contributed by atoms with Crippen molar-refractivity contribution in [3.63, 3.8) is 0 Å². The average Bonchev–Trinajstić information content (AvgIpc) is 2.43. The molecule has 0 atom stereocenters. The number of nitrogens with one attached hydrogen (secondary N) is 1. The summed E-state index contributed by atoms with van der Waals surface area (Å²) in [5.74, 6) is -0.144. The Morgan fingerprint density at radius 1 is 1.26 bits per heavy atom. The van der Waals surface area contributed by atoms with Crippen LogP contribution < -0.4 is 11.1 Å². The number of rotatable bonds is 3. The van der Waals surface area contributed by atoms with E-state index in [1.54, 1.807) is 18.3 Å². The number of nitrogens with two attached hydrogens (primary N) is 1. The average molecular weight is 255 g/mol. The van der Waals surface area contributed by atoms with Crippen LogP contribution in [0.25, 0.3) is 0 Å². The molecule has 1 amide bonds. The van der Waals surface area contributed by atoms with Crippen LogP contribution in [0.2, 0.25) is 0 Å². The Kier molecular flexibility index (Phi) is 3.92. The van der Waals surface area contributed by atoms with Gasteiger partial charge >= 0.3 is 0 Å². The third-order valence-corrected chi connectivity index (χ3v) is 3.01. The maximum Gasteiger partial charge on any atom is 0.255 e. The van der Waals surface area contributed by atoms with Crippen LogP contribution in [0.5, 0.6) is 0 Å². The summed E-state index contributed by atoms with van der Waals surface area (Å²) in [6.07, 6.45) is 1.60. The van der Waals surface area contributed by atoms with E-state index in [1.807, 2.05) is 32.0 Å². The number of hydrogen-bond donors (Lipinski definition) is 2. The Morgan fingerprint density at radius 2 is 1.95 bits per heavy atom. The molecule has 1 heterocycles. The van der Waals surface area contributed by atoms with E-state index in [2.05, 4.69) is 10.3 Å². The van der Waals surface area contributed by atoms with Crippen LogP contribution in [0.4, 0.5) is 5.69 Å². The first-order valence-electron chi connectivity index (χ1n) is 6.14. The highest BCUT2D eigenvalue weighted by atomic mass is 16.1. The molecule has 4 heteroatoms. The van der Waals surface area contributed by atoms with Crippen molar-refractivity contribution in [2.75, 3.05) is 5.32 Å². The summed E-state index contributed by atoms with van der Waals surface area (Å²) in [5, 5.41) is 2.94. The Hall–Kier alpha value is -2.20. The summed E-state index contributed by atoms with van der Waals surface area (Å²) in [6.45, 7) is 4.27. The summed E-state index contributed by atoms with van der Waals surface area (Å²) in [6, 6.07) is 9.31. The Morgan fingerprint density at radius 3 is 2.58 bits per heavy atom. The Labute approximate surface area is 112 Å². The van der Waals surface area contributed by atoms with Gasteiger partial charge in [0.05, 0.1) is 5.69 Å². The highest BCUT2D eigenvalue weighted by molar-refractivity contribution is 6.05. The fraction of sp³-hybridized carbons (Fsp3) is 0.200. The van der Waals surface area contributed by atoms with E-state index in [9.17, 15) is 4.79 Å². The third-order valence-electron chi connectivity index (χ3n) is 3.01. The van der Waals surface area contributed by atoms with Gasteiger partial charge in [0.1, 0.15) is 0 Å². The minimum Gasteiger partial charge on any atom is -0.325 e. The van der Waals surface area contributed by atoms with Crippen LogP contribution >= 0.6 is 0 Å². The summed E-state index contributed by atoms with van der Waals surface area (Å²) < 4.78 is 0. The number of hydrogen-bond acceptors (Lipinski definition) is 3. The molecule has 0 saturated heterocycles. The lowest BCUT2D eigenvalue weighted by Crippen LogP contribution is -2.14. The number of aryl methyl sites for hydroxylation is 2. The van der Waals surface area contributed by atoms with Gasteiger partial charge in [-0.05, 0) is 37.1 Å². The van der Waals surface area contributed by atoms with Gasteiger partial charge < -0.3 is 11.1 Å². The number of nitrogens with zero attached hydrogens (tertiary/aromatic N) is 1. The fourth-order valence-corrected chi connectivity index (χ4v) is 1.93. The second kappa shape index (κ2) is 5.63. The number of para-hydroxylation sites is 1. The molecule has 4 nitrogen and oxygen atoms in total. The molecule has 0 aliphatic carbocycles. The highest BCUT2D eigenvalue weighted by Crippen LogP contribution is 2.20. The van der Waals surface area contributed by atoms with Gasteiger partial charge in [0.25, 0.3) is 5.91 Å². The number of amides is 1. The predicted octanol–water partition coefficient (Wildman–Crippen LogP) is 2.41. The van der Waals surface area contributed by atoms with Crippen LogP contribution in [0.1, 0.15) is 27.2 Å². The van der Waals surface area contributed by atoms with Gasteiger partial charge in [-0.3, -0.25) is 9.78 Å². The minimum atomic E-state index is -0.144. The zero-order chi connectivity index (χ0) is 13.8. The molecule has 0 bridgehead atoms. The first-order chi connectivity index (χ1) is 9.11. The van der Waals surface area contributed by atoms with Crippen molar-refractivity contribution >= 4 is 11.6 Å². The van der Waals surface area contributed by atoms with E-state index in [-0.39, 0.29) is 5.91 Å². The molecule has 0 fully saturated rings. The van der Waals surface area contributed by atoms with Crippen molar-refractivity contribution < 1.29 is 4.79 Å². The lowest BCUT2D eigenvalue weighted by molar-refractivity contribution is 0.102. The molecule has 0 spiro atoms. The SMILES string of the molecule is Cc1cccc(C)c1NC(=O)c1ccnc(CN)c1. The van der Waals surface area contributed by atoms with E-state index in [0.29, 0.717) is 17.8 Å². The monoisotopic (exact) mass is 255 g/mol. The molecule has 0 aliphatic rings. The minimum absolute atomic E-state index is 0.144. The van der Waals surface area contributed by atoms with Crippen molar-refractivity contribution in [1.29, 1.82) is 0 Å². The summed E-state index contributed by atoms with van der Waals surface area (Å²) in [4.78, 5) is 16.3. The number of pyridine rings is 1. The van der Waals surface area contributed by atoms with Crippen molar-refractivity contribution in [1.82, 2.24) is 4.98 Å². The number of benzene rings is 1. The van der Waals surface area contributed by atoms with Gasteiger partial charge in [0, 0.05) is 24.0 Å². The molecule has 0 radical (unpaired) electrons. The molecule has 3 N–H and O–H groups in total. The van der Waals surface area contributed by atoms with Gasteiger partial charge in [-0.2, -0.15) is 0 Å². The Balaban J connectivity index is 2.25. The number of anilines is 1. The first kappa shape index (κ1) is 13.2. The topological polar surface area (TPSA) is 68.0 Å². The highest BCUT2D eigenvalue weighted by Gasteiger charge is 2.10. The van der Waals surface area contributed by atoms with Gasteiger partial charge in [-0.1, -0.05) is 18.2 Å². The molecule has 98 valence electrons. The molecule has 0 unspecified atom stereocenters. The van der Waals surface area contributed by atoms with Crippen LogP contribution in [0.3, 0.4) is 0 Å². The molecular formula is C15H17N3O. The zero-order valence-corrected chi connectivity index (χ0v) is 11.1. The van der Waals surface area contributed by atoms with Crippen molar-refractivity contribution in [2.45, 2.75) is 20.4 Å². The third kappa shape index (κ3) is 2.98. The van der Waals surface area contributed by atoms with Gasteiger partial charge in [0.15, 0.2) is 0 Å². The van der Waals surface area contributed by atoms with E-state index in [4.69, 9.17) is 5.73 Å². The molecular weight excluding hydrogens is 238 g/mol. The fourth-order valence-electron chi connectivity index (χ4n) is 1.93. The van der Waals surface area contributed by atoms with Crippen LogP contribution in [-0.4, -0.2) is 10.9 Å². The smallest absolute Gasteiger partial charge is 0.255 e. The molecule has 1 aromatic carbocycles. The normalized spacial score (nSPS) is 10.3. The van der Waals surface area contributed by atoms with Crippen molar-refractivity contribution in [2.24, 2.45) is 5.73 Å². The molecule has 0 saturated carbocycles. The largest absolute Gasteiger partial charge is 0.325 e. The lowest BCUT2D eigenvalue weighted by Gasteiger charge is -2.11. The summed E-state index contributed by atoms with van der Waals surface area (Å²) in [5.41, 5.74) is 9.74. The second-order valence-corrected chi connectivity index (χ2v) is 4.46. The van der Waals surface area contributed by atoms with E-state index >= 15 is 0 Å². The van der Waals surface area contributed by atoms with Gasteiger partial charge in [0.2, 0.25) is 0 Å². The van der Waals surface area contributed by atoms with E-state index in [0.717, 1.165) is 16.8 Å². The number of carbonyl (C=O) groups is 1. The van der Waals surface area contributed by atoms with Crippen LogP contribution in [-0.2, 0) is 6.54 Å². The molecule has 2 aromatic rings. The van der Waals surface area contributed by atoms with Crippen molar-refractivity contribution in [3.05, 3.63) is 58.9 Å². The van der Waals surface area contributed by atoms with Gasteiger partial charge in [-0.15, -0.1) is 0 Å². The zero-order valence-electron chi connectivity index (χ0n) is 11.1. The quantitative estimate of drug-likeness (QED) is 0.885.